The predicted molar refractivity (Wildman–Crippen MR) is 92.3 cm³/mol. The van der Waals surface area contributed by atoms with Gasteiger partial charge in [0.1, 0.15) is 15.6 Å². The second-order valence-corrected chi connectivity index (χ2v) is 6.69. The number of carbonyl (C=O) groups excluding carboxylic acids is 3. The molecule has 1 N–H and O–H groups in total. The van der Waals surface area contributed by atoms with Crippen LogP contribution in [-0.2, 0) is 4.74 Å². The number of esters is 1. The highest BCUT2D eigenvalue weighted by atomic mass is 35.5. The van der Waals surface area contributed by atoms with Crippen LogP contribution in [0.3, 0.4) is 0 Å². The Morgan fingerprint density at radius 3 is 2.42 bits per heavy atom. The average molecular weight is 382 g/mol. The summed E-state index contributed by atoms with van der Waals surface area (Å²) in [7, 11) is 1.23. The van der Waals surface area contributed by atoms with Gasteiger partial charge in [-0.1, -0.05) is 23.2 Å². The van der Waals surface area contributed by atoms with Gasteiger partial charge in [0.15, 0.2) is 0 Å². The molecule has 1 aromatic carbocycles. The van der Waals surface area contributed by atoms with Gasteiger partial charge in [-0.3, -0.25) is 9.59 Å². The number of thiophene rings is 1. The fourth-order valence-electron chi connectivity index (χ4n) is 2.17. The van der Waals surface area contributed by atoms with E-state index in [0.717, 1.165) is 11.3 Å². The molecule has 0 saturated carbocycles. The van der Waals surface area contributed by atoms with Crippen LogP contribution in [0.1, 0.15) is 29.7 Å². The van der Waals surface area contributed by atoms with Gasteiger partial charge >= 0.3 is 5.97 Å². The maximum atomic E-state index is 12.6. The Morgan fingerprint density at radius 1 is 1.12 bits per heavy atom. The van der Waals surface area contributed by atoms with E-state index >= 15 is 0 Å². The summed E-state index contributed by atoms with van der Waals surface area (Å²) in [5.74, 6) is -1.59. The Bertz CT molecular complexity index is 899. The molecule has 0 amide bonds. The van der Waals surface area contributed by atoms with Crippen molar-refractivity contribution in [1.29, 1.82) is 0 Å². The topological polar surface area (TPSA) is 72.5 Å². The quantitative estimate of drug-likeness (QED) is 0.809. The van der Waals surface area contributed by atoms with Crippen molar-refractivity contribution in [3.05, 3.63) is 61.4 Å². The van der Waals surface area contributed by atoms with E-state index < -0.39 is 17.5 Å². The number of hydrogen-bond donors (Lipinski definition) is 1. The highest BCUT2D eigenvalue weighted by Crippen LogP contribution is 2.35. The van der Waals surface area contributed by atoms with Crippen molar-refractivity contribution in [2.75, 3.05) is 12.4 Å². The fraction of sp³-hybridized carbons (Fsp3) is 0.0625. The Hall–Kier alpha value is -2.15. The molecule has 0 unspecified atom stereocenters. The highest BCUT2D eigenvalue weighted by molar-refractivity contribution is 7.16. The minimum Gasteiger partial charge on any atom is -0.465 e. The molecule has 2 aromatic rings. The molecule has 0 aliphatic heterocycles. The average Bonchev–Trinajstić information content (AvgIpc) is 3.03. The van der Waals surface area contributed by atoms with Gasteiger partial charge in [0.05, 0.1) is 12.0 Å². The number of rotatable bonds is 3. The molecule has 3 rings (SSSR count). The first kappa shape index (κ1) is 16.7. The van der Waals surface area contributed by atoms with Crippen molar-refractivity contribution in [1.82, 2.24) is 0 Å². The first-order valence-corrected chi connectivity index (χ1v) is 8.23. The zero-order chi connectivity index (χ0) is 17.4. The van der Waals surface area contributed by atoms with E-state index in [1.54, 1.807) is 24.3 Å². The molecule has 122 valence electrons. The second-order valence-electron chi connectivity index (χ2n) is 4.82. The van der Waals surface area contributed by atoms with Crippen LogP contribution in [0.5, 0.6) is 0 Å². The number of carbonyl (C=O) groups is 3. The Kier molecular flexibility index (Phi) is 4.45. The van der Waals surface area contributed by atoms with Crippen LogP contribution < -0.4 is 5.32 Å². The Labute approximate surface area is 150 Å². The first-order chi connectivity index (χ1) is 11.4. The number of fused-ring (bicyclic) bond motifs is 1. The lowest BCUT2D eigenvalue weighted by Gasteiger charge is -2.16. The highest BCUT2D eigenvalue weighted by Gasteiger charge is 2.35. The van der Waals surface area contributed by atoms with Crippen molar-refractivity contribution >= 4 is 57.8 Å². The molecule has 0 radical (unpaired) electrons. The predicted octanol–water partition coefficient (Wildman–Crippen LogP) is 4.13. The van der Waals surface area contributed by atoms with Crippen LogP contribution in [0.25, 0.3) is 0 Å². The summed E-state index contributed by atoms with van der Waals surface area (Å²) in [4.78, 5) is 37.0. The number of ketones is 2. The molecule has 8 heteroatoms. The molecule has 0 bridgehead atoms. The van der Waals surface area contributed by atoms with Crippen molar-refractivity contribution in [2.24, 2.45) is 0 Å². The van der Waals surface area contributed by atoms with E-state index in [1.807, 2.05) is 0 Å². The van der Waals surface area contributed by atoms with Crippen LogP contribution in [0, 0.1) is 0 Å². The van der Waals surface area contributed by atoms with Crippen molar-refractivity contribution in [3.8, 4) is 0 Å². The van der Waals surface area contributed by atoms with Crippen molar-refractivity contribution < 1.29 is 19.1 Å². The van der Waals surface area contributed by atoms with E-state index in [2.05, 4.69) is 10.1 Å². The normalized spacial score (nSPS) is 13.8. The number of nitrogens with one attached hydrogen (secondary N) is 1. The third kappa shape index (κ3) is 2.84. The third-order valence-corrected chi connectivity index (χ3v) is 5.06. The minimum atomic E-state index is -0.613. The van der Waals surface area contributed by atoms with Crippen LogP contribution in [0.4, 0.5) is 5.69 Å². The summed E-state index contributed by atoms with van der Waals surface area (Å²) < 4.78 is 4.62. The Morgan fingerprint density at radius 2 is 1.79 bits per heavy atom. The van der Waals surface area contributed by atoms with Crippen LogP contribution in [-0.4, -0.2) is 24.6 Å². The Balaban J connectivity index is 1.99. The lowest BCUT2D eigenvalue weighted by molar-refractivity contribution is 0.0606. The second kappa shape index (κ2) is 6.39. The van der Waals surface area contributed by atoms with E-state index in [0.29, 0.717) is 10.7 Å². The molecule has 0 fully saturated rings. The molecule has 24 heavy (non-hydrogen) atoms. The van der Waals surface area contributed by atoms with Crippen molar-refractivity contribution in [3.63, 3.8) is 0 Å². The standard InChI is InChI=1S/C16H9Cl2NO4S/c1-23-16(22)10-6-9-13(20)12(11(18)14(21)15(9)24-10)19-8-4-2-7(17)3-5-8/h2-6,19H,1H3. The van der Waals surface area contributed by atoms with E-state index in [9.17, 15) is 14.4 Å². The number of allylic oxidation sites excluding steroid dienone is 2. The summed E-state index contributed by atoms with van der Waals surface area (Å²) in [6, 6.07) is 7.93. The number of benzene rings is 1. The summed E-state index contributed by atoms with van der Waals surface area (Å²) in [5.41, 5.74) is 0.650. The van der Waals surface area contributed by atoms with Gasteiger partial charge in [0.25, 0.3) is 0 Å². The summed E-state index contributed by atoms with van der Waals surface area (Å²) >= 11 is 12.8. The maximum Gasteiger partial charge on any atom is 0.348 e. The lowest BCUT2D eigenvalue weighted by Crippen LogP contribution is -2.22. The van der Waals surface area contributed by atoms with Crippen LogP contribution >= 0.6 is 34.5 Å². The number of Topliss-reactive ketones (excluding diaryl/α,β-unsaturated/α-hetero) is 2. The molecule has 0 saturated heterocycles. The van der Waals surface area contributed by atoms with E-state index in [-0.39, 0.29) is 26.0 Å². The molecular weight excluding hydrogens is 373 g/mol. The lowest BCUT2D eigenvalue weighted by atomic mass is 9.99. The number of halogens is 2. The smallest absolute Gasteiger partial charge is 0.348 e. The molecular formula is C16H9Cl2NO4S. The number of hydrogen-bond acceptors (Lipinski definition) is 6. The zero-order valence-electron chi connectivity index (χ0n) is 12.2. The summed E-state index contributed by atoms with van der Waals surface area (Å²) in [6.45, 7) is 0. The van der Waals surface area contributed by atoms with Gasteiger partial charge in [-0.05, 0) is 30.3 Å². The van der Waals surface area contributed by atoms with Crippen LogP contribution in [0.15, 0.2) is 41.1 Å². The SMILES string of the molecule is COC(=O)c1cc2c(s1)C(=O)C(Cl)=C(Nc1ccc(Cl)cc1)C2=O. The maximum absolute atomic E-state index is 12.6. The fourth-order valence-corrected chi connectivity index (χ4v) is 3.60. The largest absolute Gasteiger partial charge is 0.465 e. The van der Waals surface area contributed by atoms with Gasteiger partial charge in [-0.15, -0.1) is 11.3 Å². The molecule has 1 aromatic heterocycles. The molecule has 0 spiro atoms. The molecule has 1 aliphatic carbocycles. The van der Waals surface area contributed by atoms with Gasteiger partial charge in [0, 0.05) is 16.3 Å². The first-order valence-electron chi connectivity index (χ1n) is 6.66. The molecule has 1 heterocycles. The number of anilines is 1. The monoisotopic (exact) mass is 381 g/mol. The minimum absolute atomic E-state index is 0.0364. The summed E-state index contributed by atoms with van der Waals surface area (Å²) in [5, 5.41) is 3.15. The van der Waals surface area contributed by atoms with Crippen LogP contribution in [0.2, 0.25) is 5.02 Å². The molecule has 1 aliphatic rings. The van der Waals surface area contributed by atoms with Gasteiger partial charge in [-0.2, -0.15) is 0 Å². The van der Waals surface area contributed by atoms with E-state index in [1.165, 1.54) is 13.2 Å². The van der Waals surface area contributed by atoms with Gasteiger partial charge in [-0.25, -0.2) is 4.79 Å². The molecule has 5 nitrogen and oxygen atoms in total. The summed E-state index contributed by atoms with van der Waals surface area (Å²) in [6.07, 6.45) is 0. The van der Waals surface area contributed by atoms with Crippen molar-refractivity contribution in [2.45, 2.75) is 0 Å². The third-order valence-electron chi connectivity index (χ3n) is 3.33. The van der Waals surface area contributed by atoms with Gasteiger partial charge in [0.2, 0.25) is 11.6 Å². The zero-order valence-corrected chi connectivity index (χ0v) is 14.5. The number of ether oxygens (including phenoxy) is 1. The van der Waals surface area contributed by atoms with Gasteiger partial charge < -0.3 is 10.1 Å². The van der Waals surface area contributed by atoms with E-state index in [4.69, 9.17) is 23.2 Å². The molecule has 0 atom stereocenters. The number of methoxy groups -OCH3 is 1.